The van der Waals surface area contributed by atoms with Gasteiger partial charge in [0.25, 0.3) is 0 Å². The zero-order chi connectivity index (χ0) is 13.4. The molecule has 5 heteroatoms. The van der Waals surface area contributed by atoms with Crippen molar-refractivity contribution in [3.63, 3.8) is 0 Å². The van der Waals surface area contributed by atoms with E-state index in [0.717, 1.165) is 5.56 Å². The predicted molar refractivity (Wildman–Crippen MR) is 71.0 cm³/mol. The van der Waals surface area contributed by atoms with Crippen LogP contribution in [0.5, 0.6) is 0 Å². The molecule has 18 heavy (non-hydrogen) atoms. The van der Waals surface area contributed by atoms with Crippen LogP contribution in [0.15, 0.2) is 43.0 Å². The summed E-state index contributed by atoms with van der Waals surface area (Å²) in [5.74, 6) is -0.356. The minimum absolute atomic E-state index is 0.0000394. The van der Waals surface area contributed by atoms with Crippen molar-refractivity contribution in [1.29, 1.82) is 0 Å². The van der Waals surface area contributed by atoms with Crippen LogP contribution < -0.4 is 0 Å². The molecule has 0 aliphatic carbocycles. The number of rotatable bonds is 8. The van der Waals surface area contributed by atoms with Crippen LogP contribution in [0.1, 0.15) is 5.56 Å². The summed E-state index contributed by atoms with van der Waals surface area (Å²) in [7, 11) is -3.33. The molecule has 1 N–H and O–H groups in total. The molecule has 0 aliphatic heterocycles. The summed E-state index contributed by atoms with van der Waals surface area (Å²) in [6.45, 7) is 3.76. The highest BCUT2D eigenvalue weighted by atomic mass is 32.2. The molecule has 0 radical (unpaired) electrons. The van der Waals surface area contributed by atoms with E-state index in [9.17, 15) is 13.5 Å². The third-order valence-electron chi connectivity index (χ3n) is 2.22. The molecule has 0 aromatic heterocycles. The van der Waals surface area contributed by atoms with Crippen molar-refractivity contribution in [2.24, 2.45) is 0 Å². The Morgan fingerprint density at radius 3 is 2.61 bits per heavy atom. The van der Waals surface area contributed by atoms with Gasteiger partial charge in [-0.3, -0.25) is 0 Å². The smallest absolute Gasteiger partial charge is 0.157 e. The van der Waals surface area contributed by atoms with Crippen LogP contribution in [0.2, 0.25) is 0 Å². The first kappa shape index (κ1) is 14.9. The second-order valence-electron chi connectivity index (χ2n) is 4.02. The Balaban J connectivity index is 2.47. The minimum Gasteiger partial charge on any atom is -0.390 e. The van der Waals surface area contributed by atoms with E-state index in [4.69, 9.17) is 4.74 Å². The van der Waals surface area contributed by atoms with Crippen molar-refractivity contribution < 1.29 is 18.3 Å². The normalized spacial score (nSPS) is 13.2. The lowest BCUT2D eigenvalue weighted by Gasteiger charge is -2.11. The molecule has 100 valence electrons. The molecule has 0 amide bonds. The molecule has 1 rings (SSSR count). The molecule has 1 aromatic carbocycles. The maximum Gasteiger partial charge on any atom is 0.157 e. The highest BCUT2D eigenvalue weighted by molar-refractivity contribution is 7.90. The lowest BCUT2D eigenvalue weighted by Crippen LogP contribution is -2.26. The Morgan fingerprint density at radius 2 is 2.00 bits per heavy atom. The average Bonchev–Trinajstić information content (AvgIpc) is 2.29. The number of hydrogen-bond acceptors (Lipinski definition) is 4. The van der Waals surface area contributed by atoms with Crippen LogP contribution in [0.25, 0.3) is 0 Å². The third kappa shape index (κ3) is 5.95. The van der Waals surface area contributed by atoms with Gasteiger partial charge in [-0.25, -0.2) is 8.42 Å². The van der Waals surface area contributed by atoms with Gasteiger partial charge in [0, 0.05) is 0 Å². The molecule has 0 saturated carbocycles. The van der Waals surface area contributed by atoms with E-state index in [1.807, 2.05) is 6.07 Å². The van der Waals surface area contributed by atoms with Gasteiger partial charge in [-0.2, -0.15) is 0 Å². The minimum atomic E-state index is -3.33. The molecule has 1 atom stereocenters. The van der Waals surface area contributed by atoms with E-state index >= 15 is 0 Å². The Bertz CT molecular complexity index is 453. The van der Waals surface area contributed by atoms with Crippen LogP contribution in [0.4, 0.5) is 0 Å². The summed E-state index contributed by atoms with van der Waals surface area (Å²) >= 11 is 0. The maximum atomic E-state index is 11.8. The van der Waals surface area contributed by atoms with Crippen molar-refractivity contribution in [2.75, 3.05) is 19.0 Å². The number of ether oxygens (including phenoxy) is 1. The van der Waals surface area contributed by atoms with Crippen molar-refractivity contribution in [2.45, 2.75) is 11.9 Å². The molecular formula is C13H18O4S. The van der Waals surface area contributed by atoms with E-state index in [1.54, 1.807) is 30.3 Å². The summed E-state index contributed by atoms with van der Waals surface area (Å²) in [5, 5.41) is 9.55. The van der Waals surface area contributed by atoms with Crippen molar-refractivity contribution in [3.8, 4) is 0 Å². The van der Waals surface area contributed by atoms with Crippen LogP contribution in [-0.2, 0) is 20.3 Å². The number of hydrogen-bond donors (Lipinski definition) is 1. The quantitative estimate of drug-likeness (QED) is 0.569. The van der Waals surface area contributed by atoms with Gasteiger partial charge in [-0.15, -0.1) is 6.58 Å². The van der Waals surface area contributed by atoms with Gasteiger partial charge in [-0.05, 0) is 5.56 Å². The first-order chi connectivity index (χ1) is 8.53. The topological polar surface area (TPSA) is 63.6 Å². The van der Waals surface area contributed by atoms with Gasteiger partial charge in [0.05, 0.1) is 30.8 Å². The second-order valence-corrected chi connectivity index (χ2v) is 6.13. The summed E-state index contributed by atoms with van der Waals surface area (Å²) < 4.78 is 28.6. The third-order valence-corrected chi connectivity index (χ3v) is 3.89. The highest BCUT2D eigenvalue weighted by Gasteiger charge is 2.17. The molecule has 4 nitrogen and oxygen atoms in total. The molecular weight excluding hydrogens is 252 g/mol. The summed E-state index contributed by atoms with van der Waals surface area (Å²) in [4.78, 5) is 0. The van der Waals surface area contributed by atoms with E-state index in [0.29, 0.717) is 6.61 Å². The van der Waals surface area contributed by atoms with Gasteiger partial charge in [0.2, 0.25) is 0 Å². The Kier molecular flexibility index (Phi) is 6.04. The van der Waals surface area contributed by atoms with E-state index in [-0.39, 0.29) is 18.1 Å². The molecule has 1 aromatic rings. The first-order valence-corrected chi connectivity index (χ1v) is 7.46. The lowest BCUT2D eigenvalue weighted by atomic mass is 10.2. The zero-order valence-electron chi connectivity index (χ0n) is 10.2. The molecule has 0 saturated heterocycles. The van der Waals surface area contributed by atoms with E-state index < -0.39 is 15.9 Å². The SMILES string of the molecule is C=CCOCC(O)CS(=O)(=O)Cc1ccccc1. The Labute approximate surface area is 108 Å². The first-order valence-electron chi connectivity index (χ1n) is 5.64. The standard InChI is InChI=1S/C13H18O4S/c1-2-8-17-9-13(14)11-18(15,16)10-12-6-4-3-5-7-12/h2-7,13-14H,1,8-11H2. The van der Waals surface area contributed by atoms with Crippen molar-refractivity contribution in [3.05, 3.63) is 48.6 Å². The number of benzene rings is 1. The summed E-state index contributed by atoms with van der Waals surface area (Å²) in [5.41, 5.74) is 0.719. The molecule has 1 unspecified atom stereocenters. The molecule has 0 heterocycles. The lowest BCUT2D eigenvalue weighted by molar-refractivity contribution is 0.0616. The van der Waals surface area contributed by atoms with E-state index in [2.05, 4.69) is 6.58 Å². The number of aliphatic hydroxyl groups is 1. The largest absolute Gasteiger partial charge is 0.390 e. The van der Waals surface area contributed by atoms with Crippen LogP contribution >= 0.6 is 0 Å². The second kappa shape index (κ2) is 7.31. The monoisotopic (exact) mass is 270 g/mol. The molecule has 0 aliphatic rings. The van der Waals surface area contributed by atoms with Crippen LogP contribution in [0, 0.1) is 0 Å². The maximum absolute atomic E-state index is 11.8. The van der Waals surface area contributed by atoms with Crippen molar-refractivity contribution >= 4 is 9.84 Å². The predicted octanol–water partition coefficient (Wildman–Crippen LogP) is 1.16. The fourth-order valence-electron chi connectivity index (χ4n) is 1.52. The zero-order valence-corrected chi connectivity index (χ0v) is 11.0. The van der Waals surface area contributed by atoms with Gasteiger partial charge in [0.15, 0.2) is 9.84 Å². The fourth-order valence-corrected chi connectivity index (χ4v) is 3.02. The molecule has 0 fully saturated rings. The fraction of sp³-hybridized carbons (Fsp3) is 0.385. The Morgan fingerprint density at radius 1 is 1.33 bits per heavy atom. The van der Waals surface area contributed by atoms with Gasteiger partial charge >= 0.3 is 0 Å². The number of sulfone groups is 1. The average molecular weight is 270 g/mol. The highest BCUT2D eigenvalue weighted by Crippen LogP contribution is 2.07. The van der Waals surface area contributed by atoms with Gasteiger partial charge in [-0.1, -0.05) is 36.4 Å². The van der Waals surface area contributed by atoms with Crippen LogP contribution in [-0.4, -0.2) is 38.6 Å². The Hall–Kier alpha value is -1.17. The van der Waals surface area contributed by atoms with Crippen LogP contribution in [0.3, 0.4) is 0 Å². The van der Waals surface area contributed by atoms with Gasteiger partial charge < -0.3 is 9.84 Å². The van der Waals surface area contributed by atoms with Gasteiger partial charge in [0.1, 0.15) is 0 Å². The summed E-state index contributed by atoms with van der Waals surface area (Å²) in [6, 6.07) is 8.90. The molecule has 0 bridgehead atoms. The van der Waals surface area contributed by atoms with E-state index in [1.165, 1.54) is 0 Å². The number of aliphatic hydroxyl groups excluding tert-OH is 1. The van der Waals surface area contributed by atoms with Crippen molar-refractivity contribution in [1.82, 2.24) is 0 Å². The summed E-state index contributed by atoms with van der Waals surface area (Å²) in [6.07, 6.45) is 0.546. The molecule has 0 spiro atoms.